The van der Waals surface area contributed by atoms with E-state index in [1.165, 1.54) is 106 Å². The molecule has 28 heteroatoms. The zero-order valence-corrected chi connectivity index (χ0v) is 60.1. The summed E-state index contributed by atoms with van der Waals surface area (Å²) in [4.78, 5) is 186. The Morgan fingerprint density at radius 1 is 0.691 bits per heavy atom. The van der Waals surface area contributed by atoms with E-state index in [-0.39, 0.29) is 63.0 Å². The number of nitrogens with one attached hydrogen (secondary N) is 4. The largest absolute Gasteiger partial charge is 0.417 e. The van der Waals surface area contributed by atoms with E-state index in [0.717, 1.165) is 27.5 Å². The van der Waals surface area contributed by atoms with Crippen LogP contribution in [0, 0.1) is 24.7 Å². The van der Waals surface area contributed by atoms with Gasteiger partial charge in [-0.15, -0.1) is 0 Å². The van der Waals surface area contributed by atoms with Crippen molar-refractivity contribution in [2.45, 2.75) is 205 Å². The molecule has 3 fully saturated rings. The minimum absolute atomic E-state index is 0.0548. The number of likely N-dealkylation sites (N-methyl/N-ethyl adjacent to an activating group) is 7. The zero-order chi connectivity index (χ0) is 73.0. The van der Waals surface area contributed by atoms with Crippen LogP contribution < -0.4 is 21.3 Å². The third-order valence-corrected chi connectivity index (χ3v) is 20.0. The molecule has 12 amide bonds. The highest BCUT2D eigenvalue weighted by Gasteiger charge is 2.50. The van der Waals surface area contributed by atoms with Crippen LogP contribution >= 0.6 is 11.6 Å². The Bertz CT molecular complexity index is 3220. The fourth-order valence-corrected chi connectivity index (χ4v) is 13.0. The van der Waals surface area contributed by atoms with Crippen molar-refractivity contribution in [2.75, 3.05) is 69.5 Å². The molecule has 3 aliphatic rings. The van der Waals surface area contributed by atoms with Crippen molar-refractivity contribution in [1.29, 1.82) is 0 Å². The van der Waals surface area contributed by atoms with Crippen molar-refractivity contribution in [3.8, 4) is 0 Å². The number of hydrogen-bond donors (Lipinski definition) is 4. The second-order valence-electron chi connectivity index (χ2n) is 27.5. The molecule has 1 aliphatic carbocycles. The van der Waals surface area contributed by atoms with Crippen molar-refractivity contribution in [1.82, 2.24) is 60.5 Å². The lowest BCUT2D eigenvalue weighted by atomic mass is 9.90. The van der Waals surface area contributed by atoms with Gasteiger partial charge in [-0.25, -0.2) is 0 Å². The van der Waals surface area contributed by atoms with Gasteiger partial charge in [-0.2, -0.15) is 13.2 Å². The Morgan fingerprint density at radius 2 is 1.29 bits per heavy atom. The molecular weight excluding hydrogens is 1280 g/mol. The van der Waals surface area contributed by atoms with E-state index in [0.29, 0.717) is 31.2 Å². The van der Waals surface area contributed by atoms with Gasteiger partial charge in [-0.05, 0) is 100 Å². The first-order chi connectivity index (χ1) is 45.2. The van der Waals surface area contributed by atoms with E-state index < -0.39 is 172 Å². The number of nitrogens with zero attached hydrogens (tertiary/aromatic N) is 8. The van der Waals surface area contributed by atoms with Crippen molar-refractivity contribution in [2.24, 2.45) is 17.8 Å². The van der Waals surface area contributed by atoms with Gasteiger partial charge in [0, 0.05) is 69.3 Å². The molecule has 0 radical (unpaired) electrons. The molecule has 5 rings (SSSR count). The molecular formula is C69H102ClF3N12O12. The van der Waals surface area contributed by atoms with Gasteiger partial charge in [0.15, 0.2) is 0 Å². The van der Waals surface area contributed by atoms with Gasteiger partial charge in [0.1, 0.15) is 59.9 Å². The summed E-state index contributed by atoms with van der Waals surface area (Å²) in [5, 5.41) is 10.4. The minimum atomic E-state index is -4.78. The molecule has 4 N–H and O–H groups in total. The highest BCUT2D eigenvalue weighted by Crippen LogP contribution is 2.36. The Hall–Kier alpha value is -7.84. The van der Waals surface area contributed by atoms with E-state index >= 15 is 9.59 Å². The van der Waals surface area contributed by atoms with Crippen LogP contribution in [0.5, 0.6) is 0 Å². The summed E-state index contributed by atoms with van der Waals surface area (Å²) < 4.78 is 41.3. The number of carbonyl (C=O) groups excluding carboxylic acids is 12. The third-order valence-electron chi connectivity index (χ3n) is 19.7. The minimum Gasteiger partial charge on any atom is -0.347 e. The molecule has 538 valence electrons. The maximum atomic E-state index is 15.2. The van der Waals surface area contributed by atoms with Gasteiger partial charge in [-0.3, -0.25) is 57.5 Å². The van der Waals surface area contributed by atoms with Crippen LogP contribution in [0.25, 0.3) is 0 Å². The van der Waals surface area contributed by atoms with Crippen molar-refractivity contribution in [3.63, 3.8) is 0 Å². The number of rotatable bonds is 12. The van der Waals surface area contributed by atoms with E-state index in [1.54, 1.807) is 32.9 Å². The molecule has 2 saturated heterocycles. The van der Waals surface area contributed by atoms with E-state index in [9.17, 15) is 61.1 Å². The molecule has 2 aliphatic heterocycles. The van der Waals surface area contributed by atoms with Crippen LogP contribution in [0.3, 0.4) is 0 Å². The second-order valence-corrected chi connectivity index (χ2v) is 27.9. The first-order valence-corrected chi connectivity index (χ1v) is 33.8. The molecule has 2 aromatic rings. The number of halogens is 4. The molecule has 2 aromatic carbocycles. The lowest BCUT2D eigenvalue weighted by Crippen LogP contribution is -2.65. The standard InChI is InChI=1S/C69H102ClF3N12O12/c1-18-41(6)56-65(95)80(13)44(9)61(91)85-33-30-50(85)64(94)82(15)52(36-46-24-22-40(5)23-25-46)63(93)79(12)38-54(86)75-49(29-27-45-26-28-47(48(70)35-45)69(71,72)73)59(89)74-43(8)58(88)77-68(31-20-21-32-68)67(97)84(17)57(42(7)19-2)66(96)83(16)53(62(92)78(10)11)37-55(87)81(14)51(34-39(3)4)60(90)76-56/h22-26,28,35,39,41-44,49-53,56-57H,18-21,27,29-34,36-38H2,1-17H3,(H,74,89)(H,75,86)(H,76,90)(H,77,88)/t41-,42-,43+,44-,49-,50?,51-,52-,53-,56-,57-/m0/s1. The Morgan fingerprint density at radius 3 is 1.82 bits per heavy atom. The highest BCUT2D eigenvalue weighted by molar-refractivity contribution is 6.31. The first kappa shape index (κ1) is 79.8. The molecule has 1 saturated carbocycles. The summed E-state index contributed by atoms with van der Waals surface area (Å²) in [6.45, 7) is 14.9. The molecule has 24 nitrogen and oxygen atoms in total. The normalized spacial score (nSPS) is 25.7. The number of benzene rings is 2. The van der Waals surface area contributed by atoms with Gasteiger partial charge in [-0.1, -0.05) is 115 Å². The van der Waals surface area contributed by atoms with Crippen LogP contribution in [-0.2, 0) is 76.6 Å². The molecule has 0 bridgehead atoms. The predicted octanol–water partition coefficient (Wildman–Crippen LogP) is 4.59. The van der Waals surface area contributed by atoms with Crippen LogP contribution in [-0.4, -0.2) is 239 Å². The van der Waals surface area contributed by atoms with Crippen LogP contribution in [0.1, 0.15) is 142 Å². The van der Waals surface area contributed by atoms with E-state index in [4.69, 9.17) is 11.6 Å². The molecule has 0 aromatic heterocycles. The van der Waals surface area contributed by atoms with E-state index in [1.807, 2.05) is 39.8 Å². The molecule has 97 heavy (non-hydrogen) atoms. The summed E-state index contributed by atoms with van der Waals surface area (Å²) in [5.41, 5.74) is -0.921. The number of aryl methyl sites for hydroxylation is 2. The van der Waals surface area contributed by atoms with Crippen LogP contribution in [0.4, 0.5) is 13.2 Å². The number of hydrogen-bond acceptors (Lipinski definition) is 12. The Balaban J connectivity index is 1.62. The molecule has 11 atom stereocenters. The van der Waals surface area contributed by atoms with Gasteiger partial charge >= 0.3 is 6.18 Å². The van der Waals surface area contributed by atoms with Gasteiger partial charge in [0.05, 0.1) is 23.6 Å². The molecule has 1 spiro atoms. The molecule has 2 heterocycles. The summed E-state index contributed by atoms with van der Waals surface area (Å²) in [5.74, 6) is -9.96. The van der Waals surface area contributed by atoms with Crippen molar-refractivity contribution in [3.05, 3.63) is 69.7 Å². The average Bonchev–Trinajstić information content (AvgIpc) is 1.08. The van der Waals surface area contributed by atoms with Gasteiger partial charge in [0.25, 0.3) is 0 Å². The average molecular weight is 1380 g/mol. The summed E-state index contributed by atoms with van der Waals surface area (Å²) >= 11 is 6.09. The highest BCUT2D eigenvalue weighted by atomic mass is 35.5. The summed E-state index contributed by atoms with van der Waals surface area (Å²) in [6, 6.07) is -1.49. The van der Waals surface area contributed by atoms with Crippen molar-refractivity contribution < 1.29 is 70.7 Å². The van der Waals surface area contributed by atoms with Crippen LogP contribution in [0.15, 0.2) is 42.5 Å². The topological polar surface area (TPSA) is 279 Å². The lowest BCUT2D eigenvalue weighted by Gasteiger charge is -2.45. The maximum absolute atomic E-state index is 15.2. The fraction of sp³-hybridized carbons (Fsp3) is 0.652. The first-order valence-electron chi connectivity index (χ1n) is 33.5. The predicted molar refractivity (Wildman–Crippen MR) is 358 cm³/mol. The summed E-state index contributed by atoms with van der Waals surface area (Å²) in [6.07, 6.45) is -3.67. The number of carbonyl (C=O) groups is 12. The van der Waals surface area contributed by atoms with E-state index in [2.05, 4.69) is 21.3 Å². The van der Waals surface area contributed by atoms with Gasteiger partial charge < -0.3 is 60.5 Å². The fourth-order valence-electron chi connectivity index (χ4n) is 12.7. The number of fused-ring (bicyclic) bond motifs is 1. The molecule has 1 unspecified atom stereocenters. The van der Waals surface area contributed by atoms with Crippen LogP contribution in [0.2, 0.25) is 5.02 Å². The Labute approximate surface area is 573 Å². The maximum Gasteiger partial charge on any atom is 0.417 e. The zero-order valence-electron chi connectivity index (χ0n) is 59.4. The smallest absolute Gasteiger partial charge is 0.347 e. The van der Waals surface area contributed by atoms with Crippen molar-refractivity contribution >= 4 is 82.5 Å². The SMILES string of the molecule is CC[C@H](C)[C@@H]1NC(=O)[C@H](CC(C)C)N(C)C(=O)C[C@@H](C(=O)N(C)C)N(C)C(=O)[C@H]([C@@H](C)CC)N(C)C(=O)C2(CCCC2)NC(=O)[C@@H](C)NC(=O)[C@H](CCc2ccc(C(F)(F)F)c(Cl)c2)NC(=O)CN(C)C(=O)[C@H](Cc2ccc(C)cc2)N(C)C(=O)C2CCN2C(=O)[C@H](C)N(C)C1=O. The lowest BCUT2D eigenvalue weighted by molar-refractivity contribution is -0.160. The summed E-state index contributed by atoms with van der Waals surface area (Å²) in [7, 11) is 11.2. The quantitative estimate of drug-likeness (QED) is 0.227. The third kappa shape index (κ3) is 19.5. The monoisotopic (exact) mass is 1380 g/mol. The van der Waals surface area contributed by atoms with Gasteiger partial charge in [0.2, 0.25) is 70.9 Å². The number of alkyl halides is 3. The number of amides is 12. The Kier molecular flexibility index (Phi) is 28.1. The second kappa shape index (κ2) is 34.1.